The molecule has 0 heterocycles. The molecule has 9 nitrogen and oxygen atoms in total. The Bertz CT molecular complexity index is 1730. The van der Waals surface area contributed by atoms with E-state index in [-0.39, 0.29) is 31.3 Å². The maximum Gasteiger partial charge on any atom is 0.306 e. The van der Waals surface area contributed by atoms with Gasteiger partial charge in [-0.05, 0) is 122 Å². The first-order valence-electron chi connectivity index (χ1n) is 30.8. The van der Waals surface area contributed by atoms with Gasteiger partial charge in [0.05, 0.1) is 33.8 Å². The molecule has 0 aliphatic carbocycles. The minimum atomic E-state index is -4.72. The Balaban J connectivity index is 5.34. The van der Waals surface area contributed by atoms with Gasteiger partial charge in [0, 0.05) is 12.8 Å². The number of likely N-dealkylation sites (N-methyl/N-ethyl adjacent to an activating group) is 1. The average molecular weight is 1090 g/mol. The van der Waals surface area contributed by atoms with Crippen LogP contribution in [0.1, 0.15) is 239 Å². The lowest BCUT2D eigenvalue weighted by atomic mass is 10.1. The van der Waals surface area contributed by atoms with Gasteiger partial charge in [0.25, 0.3) is 7.82 Å². The largest absolute Gasteiger partial charge is 0.756 e. The number of ether oxygens (including phenoxy) is 1. The van der Waals surface area contributed by atoms with Crippen molar-refractivity contribution >= 4 is 19.7 Å². The molecule has 0 spiro atoms. The van der Waals surface area contributed by atoms with Gasteiger partial charge in [-0.2, -0.15) is 0 Å². The van der Waals surface area contributed by atoms with Crippen molar-refractivity contribution < 1.29 is 37.3 Å². The molecule has 10 heteroatoms. The van der Waals surface area contributed by atoms with Gasteiger partial charge in [0.2, 0.25) is 5.91 Å². The molecule has 440 valence electrons. The number of quaternary nitrogens is 1. The number of nitrogens with zero attached hydrogens (tertiary/aromatic N) is 1. The molecule has 77 heavy (non-hydrogen) atoms. The van der Waals surface area contributed by atoms with E-state index < -0.39 is 26.6 Å². The first-order chi connectivity index (χ1) is 37.4. The zero-order valence-electron chi connectivity index (χ0n) is 50.1. The Morgan fingerprint density at radius 2 is 0.831 bits per heavy atom. The number of phosphoric acid groups is 1. The van der Waals surface area contributed by atoms with E-state index in [1.54, 1.807) is 0 Å². The van der Waals surface area contributed by atoms with E-state index in [9.17, 15) is 19.0 Å². The third-order valence-corrected chi connectivity index (χ3v) is 13.8. The highest BCUT2D eigenvalue weighted by atomic mass is 31.2. The average Bonchev–Trinajstić information content (AvgIpc) is 3.39. The molecule has 1 N–H and O–H groups in total. The number of unbranched alkanes of at least 4 members (excludes halogenated alkanes) is 20. The number of carbonyl (C=O) groups is 2. The van der Waals surface area contributed by atoms with Crippen LogP contribution in [0.3, 0.4) is 0 Å². The second kappa shape index (κ2) is 55.7. The summed E-state index contributed by atoms with van der Waals surface area (Å²) in [6.07, 6.45) is 77.4. The third-order valence-electron chi connectivity index (χ3n) is 12.9. The number of rotatable bonds is 54. The smallest absolute Gasteiger partial charge is 0.306 e. The van der Waals surface area contributed by atoms with Crippen LogP contribution >= 0.6 is 7.82 Å². The summed E-state index contributed by atoms with van der Waals surface area (Å²) in [5.74, 6) is -0.609. The van der Waals surface area contributed by atoms with E-state index in [0.29, 0.717) is 23.9 Å². The minimum Gasteiger partial charge on any atom is -0.756 e. The first kappa shape index (κ1) is 73.4. The minimum absolute atomic E-state index is 0.0392. The van der Waals surface area contributed by atoms with Crippen LogP contribution in [0.25, 0.3) is 0 Å². The molecule has 0 rings (SSSR count). The van der Waals surface area contributed by atoms with Crippen molar-refractivity contribution in [2.75, 3.05) is 40.9 Å². The fourth-order valence-electron chi connectivity index (χ4n) is 8.12. The Morgan fingerprint density at radius 3 is 1.29 bits per heavy atom. The summed E-state index contributed by atoms with van der Waals surface area (Å²) in [5.41, 5.74) is 0. The monoisotopic (exact) mass is 1090 g/mol. The second-order valence-corrected chi connectivity index (χ2v) is 22.9. The zero-order valence-corrected chi connectivity index (χ0v) is 51.0. The van der Waals surface area contributed by atoms with Crippen molar-refractivity contribution in [3.05, 3.63) is 122 Å². The van der Waals surface area contributed by atoms with E-state index in [2.05, 4.69) is 135 Å². The fourth-order valence-corrected chi connectivity index (χ4v) is 8.84. The van der Waals surface area contributed by atoms with Crippen LogP contribution in [0.4, 0.5) is 0 Å². The normalized spacial score (nSPS) is 14.5. The first-order valence-corrected chi connectivity index (χ1v) is 32.3. The highest BCUT2D eigenvalue weighted by molar-refractivity contribution is 7.45. The van der Waals surface area contributed by atoms with E-state index >= 15 is 0 Å². The molecule has 3 atom stereocenters. The van der Waals surface area contributed by atoms with Gasteiger partial charge in [-0.15, -0.1) is 0 Å². The fraction of sp³-hybridized carbons (Fsp3) is 0.672. The number of allylic oxidation sites excluding steroid dienone is 19. The van der Waals surface area contributed by atoms with Crippen molar-refractivity contribution in [3.63, 3.8) is 0 Å². The summed E-state index contributed by atoms with van der Waals surface area (Å²) in [6, 6.07) is -0.922. The maximum atomic E-state index is 13.5. The van der Waals surface area contributed by atoms with Crippen LogP contribution in [0.5, 0.6) is 0 Å². The molecule has 1 amide bonds. The van der Waals surface area contributed by atoms with Gasteiger partial charge in [0.1, 0.15) is 19.3 Å². The summed E-state index contributed by atoms with van der Waals surface area (Å²) >= 11 is 0. The molecular weight excluding hydrogens is 976 g/mol. The Labute approximate surface area is 473 Å². The standard InChI is InChI=1S/C67H115N2O7P/c1-7-10-13-16-19-22-25-27-29-31-33-34-36-38-40-42-45-48-51-54-57-60-67(71)76-65(58-55-52-49-46-43-24-21-18-15-12-9-3)64(63-75-77(72,73)74-62-61-69(4,5)6)68-66(70)59-56-53-50-47-44-41-39-37-35-32-30-28-26-23-20-17-14-11-8-2/h11,14,19-20,22-23,27-30,33-35,37-38,40-41,44,55,58,64-65H,7-10,12-13,15-18,21,24-26,31-32,36,39,42-43,45-54,56-57,59-63H2,1-6H3,(H-,68,70,72,73)/b14-11-,22-19-,23-20-,29-27-,30-28-,34-33-,37-35-,40-38-,44-41-,58-55+. The Hall–Kier alpha value is -3.59. The van der Waals surface area contributed by atoms with Crippen molar-refractivity contribution in [2.24, 2.45) is 0 Å². The molecule has 0 fully saturated rings. The van der Waals surface area contributed by atoms with Crippen molar-refractivity contribution in [3.8, 4) is 0 Å². The molecule has 0 aromatic carbocycles. The van der Waals surface area contributed by atoms with Crippen molar-refractivity contribution in [2.45, 2.75) is 251 Å². The Kier molecular flexibility index (Phi) is 53.1. The lowest BCUT2D eigenvalue weighted by Crippen LogP contribution is -2.47. The number of hydrogen-bond donors (Lipinski definition) is 1. The molecular formula is C67H115N2O7P. The lowest BCUT2D eigenvalue weighted by Gasteiger charge is -2.30. The molecule has 0 aliphatic rings. The van der Waals surface area contributed by atoms with Gasteiger partial charge in [-0.25, -0.2) is 0 Å². The molecule has 0 bridgehead atoms. The molecule has 0 saturated carbocycles. The zero-order chi connectivity index (χ0) is 56.4. The number of nitrogens with one attached hydrogen (secondary N) is 1. The van der Waals surface area contributed by atoms with Crippen LogP contribution < -0.4 is 10.2 Å². The number of hydrogen-bond acceptors (Lipinski definition) is 7. The van der Waals surface area contributed by atoms with Crippen molar-refractivity contribution in [1.82, 2.24) is 5.32 Å². The summed E-state index contributed by atoms with van der Waals surface area (Å²) < 4.78 is 30.3. The summed E-state index contributed by atoms with van der Waals surface area (Å²) in [6.45, 7) is 6.64. The van der Waals surface area contributed by atoms with Gasteiger partial charge in [0.15, 0.2) is 0 Å². The highest BCUT2D eigenvalue weighted by Gasteiger charge is 2.27. The van der Waals surface area contributed by atoms with Gasteiger partial charge in [-0.3, -0.25) is 14.2 Å². The van der Waals surface area contributed by atoms with E-state index in [4.69, 9.17) is 13.8 Å². The highest BCUT2D eigenvalue weighted by Crippen LogP contribution is 2.38. The number of esters is 1. The molecule has 3 unspecified atom stereocenters. The topological polar surface area (TPSA) is 114 Å². The van der Waals surface area contributed by atoms with E-state index in [1.807, 2.05) is 33.3 Å². The predicted octanol–water partition coefficient (Wildman–Crippen LogP) is 18.5. The van der Waals surface area contributed by atoms with E-state index in [1.165, 1.54) is 70.6 Å². The quantitative estimate of drug-likeness (QED) is 0.0212. The molecule has 0 aliphatic heterocycles. The molecule has 0 aromatic rings. The van der Waals surface area contributed by atoms with Crippen LogP contribution in [0.15, 0.2) is 122 Å². The molecule has 0 aromatic heterocycles. The van der Waals surface area contributed by atoms with Crippen LogP contribution in [0.2, 0.25) is 0 Å². The number of amides is 1. The van der Waals surface area contributed by atoms with Gasteiger partial charge >= 0.3 is 5.97 Å². The second-order valence-electron chi connectivity index (χ2n) is 21.5. The van der Waals surface area contributed by atoms with Crippen LogP contribution in [0, 0.1) is 0 Å². The lowest BCUT2D eigenvalue weighted by molar-refractivity contribution is -0.870. The van der Waals surface area contributed by atoms with Gasteiger partial charge < -0.3 is 28.5 Å². The van der Waals surface area contributed by atoms with Crippen LogP contribution in [-0.2, 0) is 27.9 Å². The number of carbonyl (C=O) groups excluding carboxylic acids is 2. The third kappa shape index (κ3) is 56.9. The Morgan fingerprint density at radius 1 is 0.468 bits per heavy atom. The SMILES string of the molecule is CC/C=C\C/C=C\C/C=C\C/C=C\C/C=C\CCCCCC(=O)NC(COP(=O)([O-])OCC[N+](C)(C)C)C(/C=C/CCCCCCCCCCC)OC(=O)CCCCCCC/C=C\C/C=C\C/C=C\C/C=C\CCCCC. The number of phosphoric ester groups is 1. The molecule has 0 radical (unpaired) electrons. The van der Waals surface area contributed by atoms with E-state index in [0.717, 1.165) is 122 Å². The summed E-state index contributed by atoms with van der Waals surface area (Å²) in [5, 5.41) is 3.00. The van der Waals surface area contributed by atoms with Crippen molar-refractivity contribution in [1.29, 1.82) is 0 Å². The van der Waals surface area contributed by atoms with Crippen LogP contribution in [-0.4, -0.2) is 69.4 Å². The maximum absolute atomic E-state index is 13.5. The summed E-state index contributed by atoms with van der Waals surface area (Å²) in [4.78, 5) is 40.0. The van der Waals surface area contributed by atoms with Gasteiger partial charge in [-0.1, -0.05) is 226 Å². The molecule has 0 saturated heterocycles. The predicted molar refractivity (Wildman–Crippen MR) is 330 cm³/mol. The summed E-state index contributed by atoms with van der Waals surface area (Å²) in [7, 11) is 1.13.